The van der Waals surface area contributed by atoms with Crippen molar-refractivity contribution in [2.24, 2.45) is 0 Å². The van der Waals surface area contributed by atoms with Crippen LogP contribution in [-0.4, -0.2) is 33.1 Å². The van der Waals surface area contributed by atoms with Crippen molar-refractivity contribution in [3.63, 3.8) is 0 Å². The second kappa shape index (κ2) is 4.88. The molecule has 0 fully saturated rings. The fraction of sp³-hybridized carbons (Fsp3) is 0.667. The van der Waals surface area contributed by atoms with Crippen LogP contribution in [0.2, 0.25) is 0 Å². The molecule has 0 aromatic carbocycles. The number of aliphatic hydroxyl groups is 1. The summed E-state index contributed by atoms with van der Waals surface area (Å²) in [4.78, 5) is 11.2. The molecule has 1 rings (SSSR count). The molecule has 0 aliphatic carbocycles. The van der Waals surface area contributed by atoms with Gasteiger partial charge >= 0.3 is 0 Å². The zero-order chi connectivity index (χ0) is 11.4. The molecule has 1 amide bonds. The van der Waals surface area contributed by atoms with E-state index < -0.39 is 0 Å². The first-order valence-electron chi connectivity index (χ1n) is 4.83. The van der Waals surface area contributed by atoms with Gasteiger partial charge in [0.15, 0.2) is 0 Å². The van der Waals surface area contributed by atoms with Crippen molar-refractivity contribution >= 4 is 5.91 Å². The van der Waals surface area contributed by atoms with E-state index in [-0.39, 0.29) is 25.0 Å². The minimum Gasteiger partial charge on any atom is -0.390 e. The lowest BCUT2D eigenvalue weighted by atomic mass is 10.1. The summed E-state index contributed by atoms with van der Waals surface area (Å²) in [6.07, 6.45) is 0. The third-order valence-electron chi connectivity index (χ3n) is 2.12. The Balaban J connectivity index is 2.97. The van der Waals surface area contributed by atoms with Crippen LogP contribution in [0.25, 0.3) is 0 Å². The number of aliphatic hydroxyl groups excluding tert-OH is 1. The summed E-state index contributed by atoms with van der Waals surface area (Å²) < 4.78 is 1.52. The predicted molar refractivity (Wildman–Crippen MR) is 54.1 cm³/mol. The topological polar surface area (TPSA) is 80.0 Å². The van der Waals surface area contributed by atoms with Crippen LogP contribution in [0, 0.1) is 0 Å². The molecule has 2 N–H and O–H groups in total. The summed E-state index contributed by atoms with van der Waals surface area (Å²) in [6.45, 7) is 3.93. The maximum Gasteiger partial charge on any atom is 0.241 e. The highest BCUT2D eigenvalue weighted by Gasteiger charge is 2.16. The lowest BCUT2D eigenvalue weighted by Crippen LogP contribution is -2.25. The molecular formula is C9H16N4O2. The Morgan fingerprint density at radius 3 is 2.73 bits per heavy atom. The van der Waals surface area contributed by atoms with E-state index in [9.17, 15) is 4.79 Å². The van der Waals surface area contributed by atoms with E-state index in [1.165, 1.54) is 4.68 Å². The van der Waals surface area contributed by atoms with Gasteiger partial charge in [-0.15, -0.1) is 5.10 Å². The van der Waals surface area contributed by atoms with Crippen molar-refractivity contribution in [2.75, 3.05) is 7.05 Å². The quantitative estimate of drug-likeness (QED) is 0.714. The minimum atomic E-state index is -0.152. The predicted octanol–water partition coefficient (Wildman–Crippen LogP) is -0.360. The van der Waals surface area contributed by atoms with Gasteiger partial charge in [-0.3, -0.25) is 4.79 Å². The number of nitrogens with one attached hydrogen (secondary N) is 1. The Morgan fingerprint density at radius 1 is 1.60 bits per heavy atom. The van der Waals surface area contributed by atoms with Crippen LogP contribution < -0.4 is 5.32 Å². The molecule has 0 saturated carbocycles. The Labute approximate surface area is 88.3 Å². The summed E-state index contributed by atoms with van der Waals surface area (Å²) in [7, 11) is 1.57. The molecule has 6 heteroatoms. The first kappa shape index (κ1) is 11.6. The van der Waals surface area contributed by atoms with Crippen molar-refractivity contribution in [3.8, 4) is 0 Å². The van der Waals surface area contributed by atoms with Crippen molar-refractivity contribution in [1.29, 1.82) is 0 Å². The number of rotatable bonds is 4. The molecule has 0 spiro atoms. The molecule has 1 aromatic heterocycles. The molecule has 1 heterocycles. The molecule has 0 radical (unpaired) electrons. The van der Waals surface area contributed by atoms with E-state index in [1.54, 1.807) is 7.05 Å². The Bertz CT molecular complexity index is 346. The Hall–Kier alpha value is -1.43. The highest BCUT2D eigenvalue weighted by Crippen LogP contribution is 2.17. The molecular weight excluding hydrogens is 196 g/mol. The highest BCUT2D eigenvalue weighted by molar-refractivity contribution is 5.75. The zero-order valence-corrected chi connectivity index (χ0v) is 9.19. The third kappa shape index (κ3) is 2.53. The second-order valence-electron chi connectivity index (χ2n) is 3.57. The Morgan fingerprint density at radius 2 is 2.27 bits per heavy atom. The third-order valence-corrected chi connectivity index (χ3v) is 2.12. The number of nitrogens with zero attached hydrogens (tertiary/aromatic N) is 3. The van der Waals surface area contributed by atoms with Gasteiger partial charge in [0.2, 0.25) is 5.91 Å². The average molecular weight is 212 g/mol. The number of likely N-dealkylation sites (N-methyl/N-ethyl adjacent to an activating group) is 1. The largest absolute Gasteiger partial charge is 0.390 e. The fourth-order valence-corrected chi connectivity index (χ4v) is 1.43. The maximum absolute atomic E-state index is 11.2. The molecule has 0 aliphatic rings. The van der Waals surface area contributed by atoms with Crippen LogP contribution in [0.15, 0.2) is 0 Å². The maximum atomic E-state index is 11.2. The molecule has 1 aromatic rings. The van der Waals surface area contributed by atoms with Gasteiger partial charge in [0.1, 0.15) is 12.2 Å². The molecule has 0 aliphatic heterocycles. The summed E-state index contributed by atoms with van der Waals surface area (Å²) >= 11 is 0. The van der Waals surface area contributed by atoms with Crippen LogP contribution in [-0.2, 0) is 17.9 Å². The number of aromatic nitrogens is 3. The monoisotopic (exact) mass is 212 g/mol. The van der Waals surface area contributed by atoms with E-state index in [2.05, 4.69) is 15.6 Å². The summed E-state index contributed by atoms with van der Waals surface area (Å²) in [6, 6.07) is 0. The highest BCUT2D eigenvalue weighted by atomic mass is 16.3. The number of carbonyl (C=O) groups is 1. The number of hydrogen-bond donors (Lipinski definition) is 2. The van der Waals surface area contributed by atoms with Crippen LogP contribution in [0.1, 0.15) is 31.2 Å². The number of amides is 1. The summed E-state index contributed by atoms with van der Waals surface area (Å²) in [5.74, 6) is 0.0399. The van der Waals surface area contributed by atoms with Gasteiger partial charge in [-0.05, 0) is 5.92 Å². The standard InChI is InChI=1S/C9H16N4O2/c1-6(2)9-7(5-14)11-12-13(9)4-8(15)10-3/h6,14H,4-5H2,1-3H3,(H,10,15). The van der Waals surface area contributed by atoms with E-state index in [0.717, 1.165) is 5.69 Å². The molecule has 0 bridgehead atoms. The van der Waals surface area contributed by atoms with Crippen LogP contribution >= 0.6 is 0 Å². The number of hydrogen-bond acceptors (Lipinski definition) is 4. The van der Waals surface area contributed by atoms with E-state index >= 15 is 0 Å². The first-order valence-corrected chi connectivity index (χ1v) is 4.83. The summed E-state index contributed by atoms with van der Waals surface area (Å²) in [5, 5.41) is 19.2. The van der Waals surface area contributed by atoms with Crippen LogP contribution in [0.5, 0.6) is 0 Å². The van der Waals surface area contributed by atoms with Crippen molar-refractivity contribution in [2.45, 2.75) is 32.9 Å². The molecule has 0 saturated heterocycles. The Kier molecular flexibility index (Phi) is 3.79. The van der Waals surface area contributed by atoms with Crippen molar-refractivity contribution in [3.05, 3.63) is 11.4 Å². The first-order chi connectivity index (χ1) is 7.10. The zero-order valence-electron chi connectivity index (χ0n) is 9.19. The van der Waals surface area contributed by atoms with Gasteiger partial charge in [0.25, 0.3) is 0 Å². The lowest BCUT2D eigenvalue weighted by Gasteiger charge is -2.09. The normalized spacial score (nSPS) is 10.7. The van der Waals surface area contributed by atoms with Gasteiger partial charge in [0, 0.05) is 7.05 Å². The number of carbonyl (C=O) groups excluding carboxylic acids is 1. The molecule has 0 unspecified atom stereocenters. The van der Waals surface area contributed by atoms with Gasteiger partial charge < -0.3 is 10.4 Å². The smallest absolute Gasteiger partial charge is 0.241 e. The van der Waals surface area contributed by atoms with E-state index in [4.69, 9.17) is 5.11 Å². The second-order valence-corrected chi connectivity index (χ2v) is 3.57. The molecule has 6 nitrogen and oxygen atoms in total. The molecule has 0 atom stereocenters. The minimum absolute atomic E-state index is 0.133. The lowest BCUT2D eigenvalue weighted by molar-refractivity contribution is -0.121. The van der Waals surface area contributed by atoms with Crippen molar-refractivity contribution in [1.82, 2.24) is 20.3 Å². The van der Waals surface area contributed by atoms with Crippen molar-refractivity contribution < 1.29 is 9.90 Å². The van der Waals surface area contributed by atoms with Gasteiger partial charge in [-0.2, -0.15) is 0 Å². The van der Waals surface area contributed by atoms with Gasteiger partial charge in [-0.1, -0.05) is 19.1 Å². The summed E-state index contributed by atoms with van der Waals surface area (Å²) in [5.41, 5.74) is 1.34. The van der Waals surface area contributed by atoms with Gasteiger partial charge in [-0.25, -0.2) is 4.68 Å². The van der Waals surface area contributed by atoms with E-state index in [1.807, 2.05) is 13.8 Å². The fourth-order valence-electron chi connectivity index (χ4n) is 1.43. The van der Waals surface area contributed by atoms with E-state index in [0.29, 0.717) is 5.69 Å². The molecule has 84 valence electrons. The average Bonchev–Trinajstić information content (AvgIpc) is 2.60. The molecule has 15 heavy (non-hydrogen) atoms. The van der Waals surface area contributed by atoms with Crippen LogP contribution in [0.3, 0.4) is 0 Å². The van der Waals surface area contributed by atoms with Gasteiger partial charge in [0.05, 0.1) is 12.3 Å². The SMILES string of the molecule is CNC(=O)Cn1nnc(CO)c1C(C)C. The van der Waals surface area contributed by atoms with Crippen LogP contribution in [0.4, 0.5) is 0 Å².